The minimum atomic E-state index is 0.837. The van der Waals surface area contributed by atoms with Crippen molar-refractivity contribution in [1.82, 2.24) is 4.90 Å². The second-order valence-corrected chi connectivity index (χ2v) is 5.15. The predicted octanol–water partition coefficient (Wildman–Crippen LogP) is 2.60. The monoisotopic (exact) mass is 262 g/mol. The normalized spacial score (nSPS) is 17.6. The van der Waals surface area contributed by atoms with Crippen LogP contribution in [0.4, 0.5) is 5.69 Å². The highest BCUT2D eigenvalue weighted by atomic mass is 32.1. The average Bonchev–Trinajstić information content (AvgIpc) is 2.40. The molecule has 0 unspecified atom stereocenters. The number of rotatable bonds is 4. The number of hydrogen-bond acceptors (Lipinski definition) is 3. The van der Waals surface area contributed by atoms with Crippen molar-refractivity contribution < 1.29 is 0 Å². The van der Waals surface area contributed by atoms with E-state index in [-0.39, 0.29) is 0 Å². The van der Waals surface area contributed by atoms with Crippen molar-refractivity contribution in [3.63, 3.8) is 0 Å². The van der Waals surface area contributed by atoms with Gasteiger partial charge in [-0.15, -0.1) is 0 Å². The highest BCUT2D eigenvalue weighted by Crippen LogP contribution is 2.17. The van der Waals surface area contributed by atoms with E-state index >= 15 is 0 Å². The number of piperazine rings is 1. The van der Waals surface area contributed by atoms with Gasteiger partial charge in [-0.1, -0.05) is 24.3 Å². The van der Waals surface area contributed by atoms with Crippen LogP contribution < -0.4 is 4.90 Å². The molecule has 1 aliphatic rings. The largest absolute Gasteiger partial charge is 0.369 e. The first kappa shape index (κ1) is 13.5. The van der Waals surface area contributed by atoms with Crippen molar-refractivity contribution in [3.05, 3.63) is 42.0 Å². The Morgan fingerprint density at radius 3 is 2.61 bits per heavy atom. The van der Waals surface area contributed by atoms with Crippen molar-refractivity contribution in [1.29, 1.82) is 0 Å². The molecule has 0 saturated carbocycles. The first-order valence-electron chi connectivity index (χ1n) is 6.59. The van der Waals surface area contributed by atoms with Crippen LogP contribution in [0.3, 0.4) is 0 Å². The summed E-state index contributed by atoms with van der Waals surface area (Å²) < 4.78 is 0. The van der Waals surface area contributed by atoms with Gasteiger partial charge in [0, 0.05) is 44.2 Å². The number of nitrogens with zero attached hydrogens (tertiary/aromatic N) is 2. The number of hydrogen-bond donors (Lipinski definition) is 1. The molecule has 1 aromatic carbocycles. The van der Waals surface area contributed by atoms with E-state index in [1.165, 1.54) is 11.3 Å². The van der Waals surface area contributed by atoms with E-state index in [0.29, 0.717) is 0 Å². The zero-order valence-corrected chi connectivity index (χ0v) is 11.9. The number of benzene rings is 1. The van der Waals surface area contributed by atoms with Gasteiger partial charge in [-0.05, 0) is 24.6 Å². The predicted molar refractivity (Wildman–Crippen MR) is 82.8 cm³/mol. The maximum absolute atomic E-state index is 4.18. The van der Waals surface area contributed by atoms with E-state index in [1.54, 1.807) is 0 Å². The molecule has 1 saturated heterocycles. The van der Waals surface area contributed by atoms with Crippen LogP contribution in [-0.2, 0) is 0 Å². The summed E-state index contributed by atoms with van der Waals surface area (Å²) in [6, 6.07) is 8.79. The van der Waals surface area contributed by atoms with Gasteiger partial charge in [0.2, 0.25) is 0 Å². The number of anilines is 1. The molecular formula is C15H22N2S. The van der Waals surface area contributed by atoms with Gasteiger partial charge in [-0.2, -0.15) is 12.6 Å². The first-order chi connectivity index (χ1) is 8.79. The Labute approximate surface area is 116 Å². The third kappa shape index (κ3) is 3.79. The summed E-state index contributed by atoms with van der Waals surface area (Å²) in [6.45, 7) is 7.75. The molecule has 0 radical (unpaired) electrons. The molecule has 2 rings (SSSR count). The molecule has 0 aliphatic carbocycles. The molecule has 0 N–H and O–H groups in total. The van der Waals surface area contributed by atoms with Gasteiger partial charge in [0.25, 0.3) is 0 Å². The van der Waals surface area contributed by atoms with Crippen LogP contribution in [-0.4, -0.2) is 43.4 Å². The van der Waals surface area contributed by atoms with E-state index in [4.69, 9.17) is 0 Å². The summed E-state index contributed by atoms with van der Waals surface area (Å²) in [6.07, 6.45) is 4.34. The quantitative estimate of drug-likeness (QED) is 0.658. The lowest BCUT2D eigenvalue weighted by Crippen LogP contribution is -2.46. The molecule has 0 spiro atoms. The molecule has 18 heavy (non-hydrogen) atoms. The standard InChI is InChI=1S/C15H22N2S/c1-14-5-4-6-15(13-14)17-10-8-16(9-11-17)7-2-3-12-18/h2-6,13,18H,7-12H2,1H3. The molecule has 1 aromatic rings. The van der Waals surface area contributed by atoms with Gasteiger partial charge >= 0.3 is 0 Å². The highest BCUT2D eigenvalue weighted by Gasteiger charge is 2.15. The van der Waals surface area contributed by atoms with Crippen LogP contribution in [0.5, 0.6) is 0 Å². The molecule has 0 atom stereocenters. The second kappa shape index (κ2) is 6.86. The molecule has 1 fully saturated rings. The third-order valence-electron chi connectivity index (χ3n) is 3.37. The Hall–Kier alpha value is -0.930. The van der Waals surface area contributed by atoms with Gasteiger partial charge in [0.1, 0.15) is 0 Å². The van der Waals surface area contributed by atoms with Crippen LogP contribution in [0.25, 0.3) is 0 Å². The maximum Gasteiger partial charge on any atom is 0.0369 e. The Balaban J connectivity index is 1.85. The maximum atomic E-state index is 4.18. The van der Waals surface area contributed by atoms with Gasteiger partial charge in [-0.3, -0.25) is 4.90 Å². The molecule has 0 amide bonds. The van der Waals surface area contributed by atoms with Gasteiger partial charge in [0.15, 0.2) is 0 Å². The van der Waals surface area contributed by atoms with Crippen molar-refractivity contribution >= 4 is 18.3 Å². The van der Waals surface area contributed by atoms with Crippen molar-refractivity contribution in [2.24, 2.45) is 0 Å². The summed E-state index contributed by atoms with van der Waals surface area (Å²) >= 11 is 4.18. The summed E-state index contributed by atoms with van der Waals surface area (Å²) in [5.41, 5.74) is 2.70. The summed E-state index contributed by atoms with van der Waals surface area (Å²) in [7, 11) is 0. The summed E-state index contributed by atoms with van der Waals surface area (Å²) in [5.74, 6) is 0.837. The minimum absolute atomic E-state index is 0.837. The van der Waals surface area contributed by atoms with E-state index in [2.05, 4.69) is 65.8 Å². The SMILES string of the molecule is Cc1cccc(N2CCN(CC=CCS)CC2)c1. The Bertz CT molecular complexity index is 395. The minimum Gasteiger partial charge on any atom is -0.369 e. The lowest BCUT2D eigenvalue weighted by atomic mass is 10.2. The van der Waals surface area contributed by atoms with E-state index < -0.39 is 0 Å². The average molecular weight is 262 g/mol. The topological polar surface area (TPSA) is 6.48 Å². The van der Waals surface area contributed by atoms with Crippen LogP contribution in [0.2, 0.25) is 0 Å². The van der Waals surface area contributed by atoms with E-state index in [0.717, 1.165) is 38.5 Å². The Morgan fingerprint density at radius 1 is 1.17 bits per heavy atom. The summed E-state index contributed by atoms with van der Waals surface area (Å²) in [5, 5.41) is 0. The molecule has 1 aliphatic heterocycles. The zero-order chi connectivity index (χ0) is 12.8. The fourth-order valence-electron chi connectivity index (χ4n) is 2.31. The third-order valence-corrected chi connectivity index (χ3v) is 3.59. The van der Waals surface area contributed by atoms with E-state index in [1.807, 2.05) is 0 Å². The van der Waals surface area contributed by atoms with Crippen LogP contribution in [0, 0.1) is 6.92 Å². The van der Waals surface area contributed by atoms with Crippen molar-refractivity contribution in [2.75, 3.05) is 43.4 Å². The number of aryl methyl sites for hydroxylation is 1. The molecule has 3 heteroatoms. The van der Waals surface area contributed by atoms with Crippen molar-refractivity contribution in [2.45, 2.75) is 6.92 Å². The van der Waals surface area contributed by atoms with Crippen LogP contribution >= 0.6 is 12.6 Å². The lowest BCUT2D eigenvalue weighted by Gasteiger charge is -2.35. The van der Waals surface area contributed by atoms with Crippen LogP contribution in [0.1, 0.15) is 5.56 Å². The second-order valence-electron chi connectivity index (χ2n) is 4.78. The van der Waals surface area contributed by atoms with Gasteiger partial charge in [0.05, 0.1) is 0 Å². The fourth-order valence-corrected chi connectivity index (χ4v) is 2.46. The highest BCUT2D eigenvalue weighted by molar-refractivity contribution is 7.80. The summed E-state index contributed by atoms with van der Waals surface area (Å²) in [4.78, 5) is 4.97. The fraction of sp³-hybridized carbons (Fsp3) is 0.467. The molecule has 98 valence electrons. The Morgan fingerprint density at radius 2 is 1.94 bits per heavy atom. The van der Waals surface area contributed by atoms with Gasteiger partial charge < -0.3 is 4.90 Å². The lowest BCUT2D eigenvalue weighted by molar-refractivity contribution is 0.284. The van der Waals surface area contributed by atoms with Crippen LogP contribution in [0.15, 0.2) is 36.4 Å². The molecule has 0 aromatic heterocycles. The zero-order valence-electron chi connectivity index (χ0n) is 11.0. The Kier molecular flexibility index (Phi) is 5.14. The molecular weight excluding hydrogens is 240 g/mol. The first-order valence-corrected chi connectivity index (χ1v) is 7.22. The van der Waals surface area contributed by atoms with Gasteiger partial charge in [-0.25, -0.2) is 0 Å². The van der Waals surface area contributed by atoms with Crippen molar-refractivity contribution in [3.8, 4) is 0 Å². The molecule has 2 nitrogen and oxygen atoms in total. The van der Waals surface area contributed by atoms with E-state index in [9.17, 15) is 0 Å². The smallest absolute Gasteiger partial charge is 0.0369 e. The molecule has 1 heterocycles. The molecule has 0 bridgehead atoms. The number of thiol groups is 1.